The number of hydrogen-bond donors (Lipinski definition) is 2. The summed E-state index contributed by atoms with van der Waals surface area (Å²) < 4.78 is 0. The van der Waals surface area contributed by atoms with Gasteiger partial charge in [-0.05, 0) is 35.9 Å². The van der Waals surface area contributed by atoms with Gasteiger partial charge in [-0.15, -0.1) is 22.7 Å². The van der Waals surface area contributed by atoms with Gasteiger partial charge in [-0.3, -0.25) is 0 Å². The van der Waals surface area contributed by atoms with Crippen molar-refractivity contribution in [1.29, 1.82) is 0 Å². The lowest BCUT2D eigenvalue weighted by Crippen LogP contribution is -2.24. The molecule has 0 spiro atoms. The van der Waals surface area contributed by atoms with E-state index < -0.39 is 5.97 Å². The highest BCUT2D eigenvalue weighted by Crippen LogP contribution is 2.27. The van der Waals surface area contributed by atoms with Crippen LogP contribution in [0.1, 0.15) is 44.9 Å². The van der Waals surface area contributed by atoms with E-state index in [0.717, 1.165) is 10.4 Å². The van der Waals surface area contributed by atoms with Gasteiger partial charge in [0.05, 0.1) is 0 Å². The molecule has 0 aromatic carbocycles. The van der Waals surface area contributed by atoms with Crippen molar-refractivity contribution < 1.29 is 9.90 Å². The fraction of sp³-hybridized carbons (Fsp3) is 0.400. The maximum absolute atomic E-state index is 11.0. The lowest BCUT2D eigenvalue weighted by molar-refractivity contribution is 0.0702. The van der Waals surface area contributed by atoms with E-state index in [1.165, 1.54) is 16.2 Å². The molecule has 2 aromatic heterocycles. The van der Waals surface area contributed by atoms with Crippen LogP contribution < -0.4 is 5.32 Å². The maximum atomic E-state index is 11.0. The summed E-state index contributed by atoms with van der Waals surface area (Å²) in [7, 11) is 0. The van der Waals surface area contributed by atoms with Crippen molar-refractivity contribution in [2.75, 3.05) is 0 Å². The summed E-state index contributed by atoms with van der Waals surface area (Å²) in [5.74, 6) is -0.352. The Morgan fingerprint density at radius 1 is 1.45 bits per heavy atom. The summed E-state index contributed by atoms with van der Waals surface area (Å²) in [6.07, 6.45) is 0. The Labute approximate surface area is 127 Å². The van der Waals surface area contributed by atoms with Gasteiger partial charge in [0.25, 0.3) is 0 Å². The number of rotatable bonds is 6. The van der Waals surface area contributed by atoms with Gasteiger partial charge in [0, 0.05) is 22.3 Å². The summed E-state index contributed by atoms with van der Waals surface area (Å²) in [6.45, 7) is 7.07. The zero-order chi connectivity index (χ0) is 14.7. The Kier molecular flexibility index (Phi) is 4.96. The first-order valence-electron chi connectivity index (χ1n) is 6.58. The third kappa shape index (κ3) is 3.48. The SMILES string of the molecule is Cc1sc(C(=O)O)cc1CNC(c1cccs1)C(C)C. The van der Waals surface area contributed by atoms with Crippen molar-refractivity contribution in [3.05, 3.63) is 43.8 Å². The first kappa shape index (κ1) is 15.2. The van der Waals surface area contributed by atoms with Gasteiger partial charge < -0.3 is 10.4 Å². The Hall–Kier alpha value is -1.17. The number of nitrogens with one attached hydrogen (secondary N) is 1. The molecule has 2 rings (SSSR count). The second-order valence-electron chi connectivity index (χ2n) is 5.12. The van der Waals surface area contributed by atoms with Crippen LogP contribution in [0.15, 0.2) is 23.6 Å². The van der Waals surface area contributed by atoms with E-state index in [0.29, 0.717) is 23.4 Å². The van der Waals surface area contributed by atoms with E-state index in [-0.39, 0.29) is 0 Å². The topological polar surface area (TPSA) is 49.3 Å². The van der Waals surface area contributed by atoms with Crippen LogP contribution in [-0.4, -0.2) is 11.1 Å². The van der Waals surface area contributed by atoms with Crippen LogP contribution in [0.25, 0.3) is 0 Å². The van der Waals surface area contributed by atoms with Crippen molar-refractivity contribution in [2.45, 2.75) is 33.4 Å². The Morgan fingerprint density at radius 3 is 2.70 bits per heavy atom. The Balaban J connectivity index is 2.08. The highest BCUT2D eigenvalue weighted by Gasteiger charge is 2.17. The Morgan fingerprint density at radius 2 is 2.20 bits per heavy atom. The molecule has 0 fully saturated rings. The van der Waals surface area contributed by atoms with Crippen LogP contribution in [0.5, 0.6) is 0 Å². The largest absolute Gasteiger partial charge is 0.477 e. The highest BCUT2D eigenvalue weighted by atomic mass is 32.1. The zero-order valence-electron chi connectivity index (χ0n) is 11.8. The predicted molar refractivity (Wildman–Crippen MR) is 84.8 cm³/mol. The second kappa shape index (κ2) is 6.52. The van der Waals surface area contributed by atoms with E-state index in [9.17, 15) is 4.79 Å². The van der Waals surface area contributed by atoms with Crippen molar-refractivity contribution in [3.8, 4) is 0 Å². The lowest BCUT2D eigenvalue weighted by atomic mass is 10.0. The van der Waals surface area contributed by atoms with E-state index >= 15 is 0 Å². The minimum Gasteiger partial charge on any atom is -0.477 e. The number of thiophene rings is 2. The zero-order valence-corrected chi connectivity index (χ0v) is 13.5. The first-order chi connectivity index (χ1) is 9.49. The summed E-state index contributed by atoms with van der Waals surface area (Å²) in [4.78, 5) is 13.8. The molecule has 2 heterocycles. The van der Waals surface area contributed by atoms with Gasteiger partial charge in [-0.2, -0.15) is 0 Å². The molecule has 0 aliphatic heterocycles. The third-order valence-electron chi connectivity index (χ3n) is 3.26. The fourth-order valence-electron chi connectivity index (χ4n) is 2.15. The van der Waals surface area contributed by atoms with Crippen LogP contribution >= 0.6 is 22.7 Å². The van der Waals surface area contributed by atoms with Gasteiger partial charge in [0.2, 0.25) is 0 Å². The highest BCUT2D eigenvalue weighted by molar-refractivity contribution is 7.14. The first-order valence-corrected chi connectivity index (χ1v) is 8.28. The van der Waals surface area contributed by atoms with E-state index in [4.69, 9.17) is 5.11 Å². The number of hydrogen-bond acceptors (Lipinski definition) is 4. The number of aromatic carboxylic acids is 1. The van der Waals surface area contributed by atoms with Gasteiger partial charge in [-0.25, -0.2) is 4.79 Å². The molecule has 2 aromatic rings. The molecular weight excluding hydrogens is 290 g/mol. The molecule has 5 heteroatoms. The van der Waals surface area contributed by atoms with Gasteiger partial charge >= 0.3 is 5.97 Å². The molecule has 0 saturated heterocycles. The van der Waals surface area contributed by atoms with Crippen LogP contribution in [0.2, 0.25) is 0 Å². The number of carbonyl (C=O) groups is 1. The van der Waals surface area contributed by atoms with Gasteiger partial charge in [0.1, 0.15) is 4.88 Å². The number of carboxylic acids is 1. The maximum Gasteiger partial charge on any atom is 0.345 e. The molecule has 1 unspecified atom stereocenters. The van der Waals surface area contributed by atoms with Crippen molar-refractivity contribution in [1.82, 2.24) is 5.32 Å². The van der Waals surface area contributed by atoms with Crippen LogP contribution in [0, 0.1) is 12.8 Å². The van der Waals surface area contributed by atoms with Crippen LogP contribution in [0.4, 0.5) is 0 Å². The number of aryl methyl sites for hydroxylation is 1. The van der Waals surface area contributed by atoms with Crippen molar-refractivity contribution in [3.63, 3.8) is 0 Å². The molecule has 1 atom stereocenters. The van der Waals surface area contributed by atoms with Gasteiger partial charge in [-0.1, -0.05) is 19.9 Å². The van der Waals surface area contributed by atoms with E-state index in [2.05, 4.69) is 36.7 Å². The molecule has 0 radical (unpaired) electrons. The summed E-state index contributed by atoms with van der Waals surface area (Å²) >= 11 is 3.10. The van der Waals surface area contributed by atoms with E-state index in [1.54, 1.807) is 17.4 Å². The van der Waals surface area contributed by atoms with Crippen LogP contribution in [-0.2, 0) is 6.54 Å². The minimum atomic E-state index is -0.844. The molecule has 0 amide bonds. The summed E-state index contributed by atoms with van der Waals surface area (Å²) in [6, 6.07) is 6.30. The molecule has 108 valence electrons. The molecule has 3 nitrogen and oxygen atoms in total. The predicted octanol–water partition coefficient (Wildman–Crippen LogP) is 4.30. The van der Waals surface area contributed by atoms with Gasteiger partial charge in [0.15, 0.2) is 0 Å². The molecule has 0 aliphatic rings. The average molecular weight is 309 g/mol. The molecule has 20 heavy (non-hydrogen) atoms. The van der Waals surface area contributed by atoms with Crippen molar-refractivity contribution >= 4 is 28.6 Å². The monoisotopic (exact) mass is 309 g/mol. The van der Waals surface area contributed by atoms with Crippen molar-refractivity contribution in [2.24, 2.45) is 5.92 Å². The molecule has 2 N–H and O–H groups in total. The molecule has 0 aliphatic carbocycles. The molecule has 0 saturated carbocycles. The average Bonchev–Trinajstić information content (AvgIpc) is 3.00. The lowest BCUT2D eigenvalue weighted by Gasteiger charge is -2.21. The molecule has 0 bridgehead atoms. The fourth-order valence-corrected chi connectivity index (χ4v) is 4.01. The quantitative estimate of drug-likeness (QED) is 0.836. The Bertz CT molecular complexity index is 573. The molecular formula is C15H19NO2S2. The third-order valence-corrected chi connectivity index (χ3v) is 5.30. The minimum absolute atomic E-state index is 0.308. The second-order valence-corrected chi connectivity index (χ2v) is 7.35. The van der Waals surface area contributed by atoms with E-state index in [1.807, 2.05) is 6.92 Å². The standard InChI is InChI=1S/C15H19NO2S2/c1-9(2)14(12-5-4-6-19-12)16-8-11-7-13(15(17)18)20-10(11)3/h4-7,9,14,16H,8H2,1-3H3,(H,17,18). The smallest absolute Gasteiger partial charge is 0.345 e. The van der Waals surface area contributed by atoms with Crippen LogP contribution in [0.3, 0.4) is 0 Å². The summed E-state index contributed by atoms with van der Waals surface area (Å²) in [5, 5.41) is 14.7. The normalized spacial score (nSPS) is 12.8. The summed E-state index contributed by atoms with van der Waals surface area (Å²) in [5.41, 5.74) is 1.08. The number of carboxylic acid groups (broad SMARTS) is 1.